The van der Waals surface area contributed by atoms with Gasteiger partial charge in [-0.3, -0.25) is 0 Å². The highest BCUT2D eigenvalue weighted by atomic mass is 16.3. The Hall–Kier alpha value is -2.29. The summed E-state index contributed by atoms with van der Waals surface area (Å²) in [6, 6.07) is 15.0. The van der Waals surface area contributed by atoms with Crippen LogP contribution in [-0.2, 0) is 0 Å². The summed E-state index contributed by atoms with van der Waals surface area (Å²) in [4.78, 5) is 0. The number of nitrogens with zero attached hydrogens (tertiary/aromatic N) is 2. The summed E-state index contributed by atoms with van der Waals surface area (Å²) < 4.78 is 1.79. The number of rotatable bonds is 1. The van der Waals surface area contributed by atoms with Crippen molar-refractivity contribution in [2.45, 2.75) is 0 Å². The molecule has 1 aromatic rings. The summed E-state index contributed by atoms with van der Waals surface area (Å²) in [6.45, 7) is 0. The third-order valence-electron chi connectivity index (χ3n) is 2.55. The van der Waals surface area contributed by atoms with Crippen LogP contribution < -0.4 is 0 Å². The smallest absolute Gasteiger partial charge is 0.115 e. The van der Waals surface area contributed by atoms with Crippen molar-refractivity contribution in [1.29, 1.82) is 0 Å². The van der Waals surface area contributed by atoms with E-state index in [-0.39, 0.29) is 5.75 Å². The van der Waals surface area contributed by atoms with Crippen LogP contribution in [0.25, 0.3) is 16.9 Å². The van der Waals surface area contributed by atoms with Crippen molar-refractivity contribution < 1.29 is 5.11 Å². The largest absolute Gasteiger partial charge is 0.508 e. The van der Waals surface area contributed by atoms with Crippen molar-refractivity contribution in [1.82, 2.24) is 9.78 Å². The van der Waals surface area contributed by atoms with Gasteiger partial charge in [0.05, 0.1) is 11.4 Å². The number of fused-ring (bicyclic) bond motifs is 1. The summed E-state index contributed by atoms with van der Waals surface area (Å²) in [5, 5.41) is 13.7. The molecule has 78 valence electrons. The van der Waals surface area contributed by atoms with Crippen molar-refractivity contribution in [3.63, 3.8) is 0 Å². The summed E-state index contributed by atoms with van der Waals surface area (Å²) >= 11 is 0. The number of benzene rings is 1. The van der Waals surface area contributed by atoms with Crippen molar-refractivity contribution >= 4 is 0 Å². The van der Waals surface area contributed by atoms with Gasteiger partial charge in [-0.15, -0.1) is 0 Å². The van der Waals surface area contributed by atoms with Crippen molar-refractivity contribution in [3.8, 4) is 22.7 Å². The lowest BCUT2D eigenvalue weighted by molar-refractivity contribution is 0.475. The minimum absolute atomic E-state index is 0.263. The highest BCUT2D eigenvalue weighted by Gasteiger charge is 2.04. The lowest BCUT2D eigenvalue weighted by Gasteiger charge is -2.07. The minimum Gasteiger partial charge on any atom is -0.508 e. The maximum absolute atomic E-state index is 9.21. The normalized spacial score (nSPS) is 10.8. The summed E-state index contributed by atoms with van der Waals surface area (Å²) in [6.07, 6.45) is 1.91. The Bertz CT molecular complexity index is 583. The van der Waals surface area contributed by atoms with Gasteiger partial charge in [0.2, 0.25) is 0 Å². The molecule has 0 saturated heterocycles. The molecule has 1 aliphatic heterocycles. The van der Waals surface area contributed by atoms with E-state index in [9.17, 15) is 5.11 Å². The zero-order chi connectivity index (χ0) is 11.0. The minimum atomic E-state index is 0.263. The fourth-order valence-electron chi connectivity index (χ4n) is 1.71. The van der Waals surface area contributed by atoms with Gasteiger partial charge in [-0.25, -0.2) is 4.68 Å². The van der Waals surface area contributed by atoms with Crippen LogP contribution in [0.3, 0.4) is 0 Å². The molecule has 0 radical (unpaired) electrons. The highest BCUT2D eigenvalue weighted by Crippen LogP contribution is 2.20. The number of aromatic nitrogens is 2. The Labute approximate surface area is 92.9 Å². The molecular weight excluding hydrogens is 200 g/mol. The molecule has 16 heavy (non-hydrogen) atoms. The molecule has 1 aromatic carbocycles. The molecule has 1 aliphatic carbocycles. The molecule has 0 bridgehead atoms. The molecule has 0 aromatic heterocycles. The van der Waals surface area contributed by atoms with Gasteiger partial charge in [0.15, 0.2) is 0 Å². The lowest BCUT2D eigenvalue weighted by Crippen LogP contribution is -2.00. The average Bonchev–Trinajstić information content (AvgIpc) is 2.77. The molecule has 0 unspecified atom stereocenters. The lowest BCUT2D eigenvalue weighted by atomic mass is 10.2. The van der Waals surface area contributed by atoms with Crippen molar-refractivity contribution in [3.05, 3.63) is 54.7 Å². The predicted octanol–water partition coefficient (Wildman–Crippen LogP) is 2.68. The first-order valence-electron chi connectivity index (χ1n) is 5.07. The van der Waals surface area contributed by atoms with Crippen LogP contribution in [-0.4, -0.2) is 14.9 Å². The van der Waals surface area contributed by atoms with Crippen LogP contribution in [0.1, 0.15) is 0 Å². The van der Waals surface area contributed by atoms with Gasteiger partial charge < -0.3 is 5.11 Å². The zero-order valence-electron chi connectivity index (χ0n) is 8.54. The second kappa shape index (κ2) is 3.38. The van der Waals surface area contributed by atoms with E-state index in [1.807, 2.05) is 42.6 Å². The first kappa shape index (κ1) is 8.97. The Morgan fingerprint density at radius 1 is 0.938 bits per heavy atom. The van der Waals surface area contributed by atoms with Crippen LogP contribution in [0.4, 0.5) is 0 Å². The Morgan fingerprint density at radius 2 is 1.75 bits per heavy atom. The van der Waals surface area contributed by atoms with Crippen LogP contribution in [0.15, 0.2) is 54.7 Å². The van der Waals surface area contributed by atoms with Gasteiger partial charge in [-0.2, -0.15) is 5.10 Å². The topological polar surface area (TPSA) is 38.0 Å². The Kier molecular flexibility index (Phi) is 1.90. The highest BCUT2D eigenvalue weighted by molar-refractivity contribution is 5.61. The third-order valence-corrected chi connectivity index (χ3v) is 2.55. The number of hydrogen-bond acceptors (Lipinski definition) is 2. The van der Waals surface area contributed by atoms with Gasteiger partial charge in [-0.05, 0) is 36.4 Å². The van der Waals surface area contributed by atoms with E-state index >= 15 is 0 Å². The molecule has 1 heterocycles. The van der Waals surface area contributed by atoms with E-state index in [1.54, 1.807) is 16.8 Å². The molecule has 0 spiro atoms. The fourth-order valence-corrected chi connectivity index (χ4v) is 1.71. The second-order valence-corrected chi connectivity index (χ2v) is 3.64. The molecule has 0 saturated carbocycles. The average molecular weight is 210 g/mol. The molecule has 3 rings (SSSR count). The number of phenolic OH excluding ortho intramolecular Hbond substituents is 1. The summed E-state index contributed by atoms with van der Waals surface area (Å²) in [7, 11) is 0. The summed E-state index contributed by atoms with van der Waals surface area (Å²) in [5.41, 5.74) is 3.03. The van der Waals surface area contributed by atoms with Gasteiger partial charge in [0.1, 0.15) is 5.75 Å². The van der Waals surface area contributed by atoms with E-state index < -0.39 is 0 Å². The molecule has 2 aliphatic rings. The van der Waals surface area contributed by atoms with E-state index in [0.717, 1.165) is 16.9 Å². The second-order valence-electron chi connectivity index (χ2n) is 3.64. The third kappa shape index (κ3) is 1.42. The maximum Gasteiger partial charge on any atom is 0.115 e. The SMILES string of the molecule is Oc1ccc(-n2ccc3cccc-3n2)cc1. The molecule has 0 atom stereocenters. The van der Waals surface area contributed by atoms with E-state index in [0.29, 0.717) is 0 Å². The quantitative estimate of drug-likeness (QED) is 0.670. The maximum atomic E-state index is 9.21. The standard InChI is InChI=1S/C13H10N2O/c16-12-6-4-11(5-7-12)15-9-8-10-2-1-3-13(10)14-15/h1-9,16H. The molecular formula is C13H10N2O. The van der Waals surface area contributed by atoms with E-state index in [4.69, 9.17) is 0 Å². The predicted molar refractivity (Wildman–Crippen MR) is 61.9 cm³/mol. The van der Waals surface area contributed by atoms with E-state index in [2.05, 4.69) is 5.10 Å². The first-order valence-corrected chi connectivity index (χ1v) is 5.07. The summed E-state index contributed by atoms with van der Waals surface area (Å²) in [5.74, 6) is 0.263. The van der Waals surface area contributed by atoms with E-state index in [1.165, 1.54) is 0 Å². The molecule has 1 N–H and O–H groups in total. The fraction of sp³-hybridized carbons (Fsp3) is 0. The van der Waals surface area contributed by atoms with Gasteiger partial charge in [-0.1, -0.05) is 12.1 Å². The van der Waals surface area contributed by atoms with Crippen molar-refractivity contribution in [2.24, 2.45) is 0 Å². The molecule has 3 heteroatoms. The first-order chi connectivity index (χ1) is 7.83. The van der Waals surface area contributed by atoms with Crippen LogP contribution in [0, 0.1) is 0 Å². The van der Waals surface area contributed by atoms with Gasteiger partial charge in [0, 0.05) is 11.8 Å². The van der Waals surface area contributed by atoms with Crippen molar-refractivity contribution in [2.75, 3.05) is 0 Å². The zero-order valence-corrected chi connectivity index (χ0v) is 8.54. The van der Waals surface area contributed by atoms with Crippen LogP contribution >= 0.6 is 0 Å². The van der Waals surface area contributed by atoms with Gasteiger partial charge >= 0.3 is 0 Å². The monoisotopic (exact) mass is 210 g/mol. The number of hydrogen-bond donors (Lipinski definition) is 1. The molecule has 0 fully saturated rings. The Balaban J connectivity index is 2.12. The van der Waals surface area contributed by atoms with Crippen LogP contribution in [0.5, 0.6) is 5.75 Å². The molecule has 3 nitrogen and oxygen atoms in total. The Morgan fingerprint density at radius 3 is 2.56 bits per heavy atom. The number of aromatic hydroxyl groups is 1. The van der Waals surface area contributed by atoms with Gasteiger partial charge in [0.25, 0.3) is 0 Å². The number of phenols is 1. The molecule has 0 amide bonds. The van der Waals surface area contributed by atoms with Crippen LogP contribution in [0.2, 0.25) is 0 Å².